The SMILES string of the molecule is CNc1cc([C@H](Cc2c[nH]c3ccccc23)NC(=O)c2ccc(-c3ncn[nH]3)cc2)nc(C2CC2)n1. The molecule has 9 heteroatoms. The van der Waals surface area contributed by atoms with E-state index >= 15 is 0 Å². The fraction of sp³-hybridized carbons (Fsp3) is 0.222. The Bertz CT molecular complexity index is 1500. The molecule has 0 saturated heterocycles. The van der Waals surface area contributed by atoms with Crippen molar-refractivity contribution in [3.8, 4) is 11.4 Å². The largest absolute Gasteiger partial charge is 0.373 e. The van der Waals surface area contributed by atoms with Crippen LogP contribution in [0.5, 0.6) is 0 Å². The molecule has 36 heavy (non-hydrogen) atoms. The van der Waals surface area contributed by atoms with Gasteiger partial charge < -0.3 is 15.6 Å². The third kappa shape index (κ3) is 4.43. The molecule has 0 aliphatic heterocycles. The van der Waals surface area contributed by atoms with Crippen molar-refractivity contribution < 1.29 is 4.79 Å². The highest BCUT2D eigenvalue weighted by Crippen LogP contribution is 2.39. The summed E-state index contributed by atoms with van der Waals surface area (Å²) in [7, 11) is 1.85. The van der Waals surface area contributed by atoms with E-state index in [2.05, 4.69) is 47.9 Å². The van der Waals surface area contributed by atoms with Gasteiger partial charge in [0.1, 0.15) is 18.0 Å². The molecule has 5 aromatic rings. The lowest BCUT2D eigenvalue weighted by Gasteiger charge is -2.20. The summed E-state index contributed by atoms with van der Waals surface area (Å²) < 4.78 is 0. The van der Waals surface area contributed by atoms with Gasteiger partial charge in [-0.05, 0) is 36.6 Å². The van der Waals surface area contributed by atoms with Gasteiger partial charge in [0, 0.05) is 53.7 Å². The number of hydrogen-bond donors (Lipinski definition) is 4. The molecule has 2 aromatic carbocycles. The lowest BCUT2D eigenvalue weighted by Crippen LogP contribution is -2.31. The number of anilines is 1. The number of amides is 1. The van der Waals surface area contributed by atoms with Crippen LogP contribution in [0, 0.1) is 0 Å². The molecule has 1 saturated carbocycles. The molecule has 3 aromatic heterocycles. The van der Waals surface area contributed by atoms with E-state index in [4.69, 9.17) is 4.98 Å². The fourth-order valence-electron chi connectivity index (χ4n) is 4.43. The van der Waals surface area contributed by atoms with Crippen molar-refractivity contribution in [3.63, 3.8) is 0 Å². The predicted octanol–water partition coefficient (Wildman–Crippen LogP) is 4.38. The minimum absolute atomic E-state index is 0.165. The van der Waals surface area contributed by atoms with Crippen LogP contribution in [0.4, 0.5) is 5.82 Å². The zero-order chi connectivity index (χ0) is 24.5. The lowest BCUT2D eigenvalue weighted by molar-refractivity contribution is 0.0935. The highest BCUT2D eigenvalue weighted by molar-refractivity contribution is 5.95. The number of aromatic amines is 2. The number of fused-ring (bicyclic) bond motifs is 1. The van der Waals surface area contributed by atoms with E-state index in [0.29, 0.717) is 23.7 Å². The lowest BCUT2D eigenvalue weighted by atomic mass is 10.0. The fourth-order valence-corrected chi connectivity index (χ4v) is 4.43. The van der Waals surface area contributed by atoms with E-state index in [1.165, 1.54) is 6.33 Å². The average Bonchev–Trinajstić information content (AvgIpc) is 3.48. The molecule has 3 heterocycles. The standard InChI is InChI=1S/C27H26N8O/c1-28-24-13-23(32-26(34-24)17-6-7-17)22(12-19-14-29-21-5-3-2-4-20(19)21)33-27(36)18-10-8-16(9-11-18)25-30-15-31-35-25/h2-5,8-11,13-15,17,22,29H,6-7,12H2,1H3,(H,33,36)(H,28,32,34)(H,30,31,35)/t22-/m0/s1. The molecule has 4 N–H and O–H groups in total. The summed E-state index contributed by atoms with van der Waals surface area (Å²) in [5, 5.41) is 14.3. The minimum atomic E-state index is -0.335. The van der Waals surface area contributed by atoms with Gasteiger partial charge in [-0.1, -0.05) is 30.3 Å². The number of nitrogens with one attached hydrogen (secondary N) is 4. The Hall–Kier alpha value is -4.53. The van der Waals surface area contributed by atoms with Gasteiger partial charge in [0.25, 0.3) is 5.91 Å². The maximum absolute atomic E-state index is 13.4. The molecule has 0 bridgehead atoms. The maximum atomic E-state index is 13.4. The van der Waals surface area contributed by atoms with Gasteiger partial charge in [-0.3, -0.25) is 9.89 Å². The van der Waals surface area contributed by atoms with Crippen LogP contribution in [-0.2, 0) is 6.42 Å². The number of nitrogens with zero attached hydrogens (tertiary/aromatic N) is 4. The van der Waals surface area contributed by atoms with Crippen LogP contribution < -0.4 is 10.6 Å². The van der Waals surface area contributed by atoms with Crippen molar-refractivity contribution in [2.75, 3.05) is 12.4 Å². The zero-order valence-electron chi connectivity index (χ0n) is 19.8. The molecule has 1 amide bonds. The Morgan fingerprint density at radius 3 is 2.69 bits per heavy atom. The number of carbonyl (C=O) groups excluding carboxylic acids is 1. The molecule has 0 spiro atoms. The smallest absolute Gasteiger partial charge is 0.251 e. The Labute approximate surface area is 207 Å². The van der Waals surface area contributed by atoms with E-state index in [9.17, 15) is 4.79 Å². The number of carbonyl (C=O) groups is 1. The van der Waals surface area contributed by atoms with Crippen molar-refractivity contribution in [1.82, 2.24) is 35.5 Å². The Morgan fingerprint density at radius 2 is 1.94 bits per heavy atom. The van der Waals surface area contributed by atoms with Crippen LogP contribution in [0.2, 0.25) is 0 Å². The monoisotopic (exact) mass is 478 g/mol. The number of H-pyrrole nitrogens is 2. The Kier molecular flexibility index (Phi) is 5.65. The predicted molar refractivity (Wildman–Crippen MR) is 138 cm³/mol. The number of hydrogen-bond acceptors (Lipinski definition) is 6. The first-order chi connectivity index (χ1) is 17.7. The van der Waals surface area contributed by atoms with Gasteiger partial charge in [-0.2, -0.15) is 5.10 Å². The molecule has 0 radical (unpaired) electrons. The summed E-state index contributed by atoms with van der Waals surface area (Å²) in [4.78, 5) is 30.5. The van der Waals surface area contributed by atoms with E-state index in [-0.39, 0.29) is 11.9 Å². The van der Waals surface area contributed by atoms with Crippen molar-refractivity contribution in [2.24, 2.45) is 0 Å². The quantitative estimate of drug-likeness (QED) is 0.262. The van der Waals surface area contributed by atoms with E-state index in [1.54, 1.807) is 12.1 Å². The van der Waals surface area contributed by atoms with Crippen LogP contribution in [0.1, 0.15) is 52.2 Å². The topological polar surface area (TPSA) is 124 Å². The zero-order valence-corrected chi connectivity index (χ0v) is 19.8. The van der Waals surface area contributed by atoms with Crippen LogP contribution in [0.3, 0.4) is 0 Å². The molecule has 9 nitrogen and oxygen atoms in total. The molecule has 0 unspecified atom stereocenters. The number of rotatable bonds is 8. The minimum Gasteiger partial charge on any atom is -0.373 e. The van der Waals surface area contributed by atoms with Crippen molar-refractivity contribution in [1.29, 1.82) is 0 Å². The summed E-state index contributed by atoms with van der Waals surface area (Å²) >= 11 is 0. The molecule has 1 fully saturated rings. The van der Waals surface area contributed by atoms with Crippen LogP contribution in [0.25, 0.3) is 22.3 Å². The second kappa shape index (κ2) is 9.26. The van der Waals surface area contributed by atoms with Gasteiger partial charge >= 0.3 is 0 Å². The second-order valence-electron chi connectivity index (χ2n) is 9.06. The van der Waals surface area contributed by atoms with Crippen molar-refractivity contribution in [2.45, 2.75) is 31.2 Å². The first-order valence-electron chi connectivity index (χ1n) is 12.1. The maximum Gasteiger partial charge on any atom is 0.251 e. The molecule has 1 aliphatic rings. The normalized spacial score (nSPS) is 14.0. The van der Waals surface area contributed by atoms with E-state index in [0.717, 1.165) is 52.2 Å². The van der Waals surface area contributed by atoms with Crippen LogP contribution >= 0.6 is 0 Å². The van der Waals surface area contributed by atoms with Crippen LogP contribution in [0.15, 0.2) is 67.1 Å². The molecular weight excluding hydrogens is 452 g/mol. The second-order valence-corrected chi connectivity index (χ2v) is 9.06. The number of aromatic nitrogens is 6. The first-order valence-corrected chi connectivity index (χ1v) is 12.1. The van der Waals surface area contributed by atoms with Gasteiger partial charge in [-0.15, -0.1) is 0 Å². The highest BCUT2D eigenvalue weighted by Gasteiger charge is 2.29. The molecule has 6 rings (SSSR count). The third-order valence-corrected chi connectivity index (χ3v) is 6.56. The van der Waals surface area contributed by atoms with E-state index in [1.807, 2.05) is 43.6 Å². The van der Waals surface area contributed by atoms with Crippen molar-refractivity contribution in [3.05, 3.63) is 89.8 Å². The van der Waals surface area contributed by atoms with Crippen molar-refractivity contribution >= 4 is 22.6 Å². The Morgan fingerprint density at radius 1 is 1.11 bits per heavy atom. The van der Waals surface area contributed by atoms with Gasteiger partial charge in [0.15, 0.2) is 5.82 Å². The van der Waals surface area contributed by atoms with Gasteiger partial charge in [-0.25, -0.2) is 15.0 Å². The first kappa shape index (κ1) is 22.0. The number of benzene rings is 2. The summed E-state index contributed by atoms with van der Waals surface area (Å²) in [5.41, 5.74) is 4.41. The Balaban J connectivity index is 1.32. The number of para-hydroxylation sites is 1. The summed E-state index contributed by atoms with van der Waals surface area (Å²) in [6.45, 7) is 0. The van der Waals surface area contributed by atoms with E-state index < -0.39 is 0 Å². The highest BCUT2D eigenvalue weighted by atomic mass is 16.1. The summed E-state index contributed by atoms with van der Waals surface area (Å²) in [6.07, 6.45) is 6.27. The summed E-state index contributed by atoms with van der Waals surface area (Å²) in [6, 6.07) is 17.1. The molecule has 1 atom stereocenters. The third-order valence-electron chi connectivity index (χ3n) is 6.56. The average molecular weight is 479 g/mol. The molecule has 1 aliphatic carbocycles. The van der Waals surface area contributed by atoms with Gasteiger partial charge in [0.05, 0.1) is 11.7 Å². The van der Waals surface area contributed by atoms with Crippen LogP contribution in [-0.4, -0.2) is 43.1 Å². The van der Waals surface area contributed by atoms with Gasteiger partial charge in [0.2, 0.25) is 0 Å². The molecular formula is C27H26N8O. The summed E-state index contributed by atoms with van der Waals surface area (Å²) in [5.74, 6) is 2.49. The molecule has 180 valence electrons.